The largest absolute Gasteiger partial charge is 0.462 e. The van der Waals surface area contributed by atoms with Gasteiger partial charge in [0.25, 0.3) is 0 Å². The van der Waals surface area contributed by atoms with Crippen molar-refractivity contribution in [3.63, 3.8) is 0 Å². The highest BCUT2D eigenvalue weighted by Crippen LogP contribution is 2.29. The molecule has 118 valence electrons. The van der Waals surface area contributed by atoms with Crippen molar-refractivity contribution in [2.75, 3.05) is 17.3 Å². The number of esters is 1. The van der Waals surface area contributed by atoms with Crippen LogP contribution >= 0.6 is 11.8 Å². The van der Waals surface area contributed by atoms with Crippen LogP contribution in [0.3, 0.4) is 0 Å². The van der Waals surface area contributed by atoms with Crippen LogP contribution in [0.25, 0.3) is 0 Å². The fourth-order valence-corrected chi connectivity index (χ4v) is 3.25. The lowest BCUT2D eigenvalue weighted by molar-refractivity contribution is -0.401. The summed E-state index contributed by atoms with van der Waals surface area (Å²) >= 11 is 1.28. The summed E-state index contributed by atoms with van der Waals surface area (Å²) in [6.45, 7) is 2.03. The molecule has 1 aromatic rings. The van der Waals surface area contributed by atoms with Gasteiger partial charge in [-0.1, -0.05) is 18.2 Å². The molecule has 0 bridgehead atoms. The highest BCUT2D eigenvalue weighted by atomic mass is 32.2. The number of rotatable bonds is 6. The molecule has 0 spiro atoms. The van der Waals surface area contributed by atoms with E-state index in [2.05, 4.69) is 5.73 Å². The number of hydrogen-bond donors (Lipinski definition) is 1. The van der Waals surface area contributed by atoms with E-state index >= 15 is 0 Å². The van der Waals surface area contributed by atoms with Crippen molar-refractivity contribution in [2.24, 2.45) is 0 Å². The van der Waals surface area contributed by atoms with Gasteiger partial charge in [-0.3, -0.25) is 9.59 Å². The van der Waals surface area contributed by atoms with Crippen LogP contribution < -0.4 is 10.6 Å². The first-order valence-electron chi connectivity index (χ1n) is 7.07. The Morgan fingerprint density at radius 3 is 2.73 bits per heavy atom. The van der Waals surface area contributed by atoms with Gasteiger partial charge in [0.15, 0.2) is 6.04 Å². The number of ether oxygens (including phenoxy) is 1. The van der Waals surface area contributed by atoms with Gasteiger partial charge in [-0.05, 0) is 19.1 Å². The van der Waals surface area contributed by atoms with E-state index in [0.29, 0.717) is 18.0 Å². The average Bonchev–Trinajstić information content (AvgIpc) is 2.80. The quantitative estimate of drug-likeness (QED) is 0.597. The first-order chi connectivity index (χ1) is 10.5. The summed E-state index contributed by atoms with van der Waals surface area (Å²) in [6.07, 6.45) is 0.147. The Labute approximate surface area is 133 Å². The van der Waals surface area contributed by atoms with Gasteiger partial charge < -0.3 is 10.5 Å². The summed E-state index contributed by atoms with van der Waals surface area (Å²) in [6, 6.07) is 8.30. The predicted molar refractivity (Wildman–Crippen MR) is 83.1 cm³/mol. The molecule has 3 N–H and O–H groups in total. The SMILES string of the molecule is CCOC(=O)[C@@H]([NH3+])CS[C@H]1CC(=O)N(c2ccccc2)C1=O. The van der Waals surface area contributed by atoms with Crippen LogP contribution in [-0.4, -0.2) is 41.4 Å². The standard InChI is InChI=1S/C15H18N2O4S/c1-2-21-15(20)11(16)9-22-12-8-13(18)17(14(12)19)10-6-4-3-5-7-10/h3-7,11-12H,2,8-9,16H2,1H3/p+1/t11-,12-/m0/s1. The fourth-order valence-electron chi connectivity index (χ4n) is 2.14. The van der Waals surface area contributed by atoms with Gasteiger partial charge in [-0.25, -0.2) is 9.69 Å². The number of para-hydroxylation sites is 1. The van der Waals surface area contributed by atoms with Crippen LogP contribution in [0.1, 0.15) is 13.3 Å². The van der Waals surface area contributed by atoms with Gasteiger partial charge in [0.2, 0.25) is 11.8 Å². The molecule has 0 unspecified atom stereocenters. The summed E-state index contributed by atoms with van der Waals surface area (Å²) in [4.78, 5) is 37.2. The number of carbonyl (C=O) groups is 3. The fraction of sp³-hybridized carbons (Fsp3) is 0.400. The molecule has 0 saturated carbocycles. The minimum atomic E-state index is -0.543. The van der Waals surface area contributed by atoms with Crippen molar-refractivity contribution in [3.05, 3.63) is 30.3 Å². The molecule has 1 aliphatic heterocycles. The average molecular weight is 323 g/mol. The minimum Gasteiger partial charge on any atom is -0.462 e. The maximum Gasteiger partial charge on any atom is 0.365 e. The molecule has 2 amide bonds. The number of thioether (sulfide) groups is 1. The molecule has 1 heterocycles. The van der Waals surface area contributed by atoms with E-state index in [1.165, 1.54) is 16.7 Å². The number of quaternary nitrogens is 1. The molecule has 0 aliphatic carbocycles. The zero-order valence-corrected chi connectivity index (χ0v) is 13.2. The Balaban J connectivity index is 1.96. The Bertz CT molecular complexity index is 564. The molecule has 2 atom stereocenters. The van der Waals surface area contributed by atoms with E-state index in [1.807, 2.05) is 6.07 Å². The van der Waals surface area contributed by atoms with E-state index in [1.54, 1.807) is 31.2 Å². The first kappa shape index (κ1) is 16.5. The predicted octanol–water partition coefficient (Wildman–Crippen LogP) is 0.225. The van der Waals surface area contributed by atoms with Gasteiger partial charge >= 0.3 is 5.97 Å². The van der Waals surface area contributed by atoms with E-state index in [4.69, 9.17) is 4.74 Å². The van der Waals surface area contributed by atoms with Crippen molar-refractivity contribution in [1.82, 2.24) is 0 Å². The number of anilines is 1. The first-order valence-corrected chi connectivity index (χ1v) is 8.12. The molecule has 0 radical (unpaired) electrons. The molecule has 2 rings (SSSR count). The van der Waals surface area contributed by atoms with Crippen molar-refractivity contribution in [2.45, 2.75) is 24.6 Å². The van der Waals surface area contributed by atoms with Gasteiger partial charge in [0, 0.05) is 6.42 Å². The second kappa shape index (κ2) is 7.42. The van der Waals surface area contributed by atoms with Crippen LogP contribution in [0.15, 0.2) is 30.3 Å². The van der Waals surface area contributed by atoms with E-state index in [0.717, 1.165) is 0 Å². The van der Waals surface area contributed by atoms with Crippen molar-refractivity contribution >= 4 is 35.2 Å². The summed E-state index contributed by atoms with van der Waals surface area (Å²) in [5.74, 6) is -0.486. The second-order valence-corrected chi connectivity index (χ2v) is 6.11. The Morgan fingerprint density at radius 1 is 1.41 bits per heavy atom. The number of hydrogen-bond acceptors (Lipinski definition) is 5. The molecule has 22 heavy (non-hydrogen) atoms. The van der Waals surface area contributed by atoms with Crippen LogP contribution in [0.5, 0.6) is 0 Å². The van der Waals surface area contributed by atoms with Crippen LogP contribution in [-0.2, 0) is 19.1 Å². The Kier molecular flexibility index (Phi) is 5.57. The van der Waals surface area contributed by atoms with Crippen molar-refractivity contribution < 1.29 is 24.9 Å². The number of imide groups is 1. The molecule has 1 aromatic carbocycles. The van der Waals surface area contributed by atoms with Crippen molar-refractivity contribution in [1.29, 1.82) is 0 Å². The molecule has 1 fully saturated rings. The van der Waals surface area contributed by atoms with Gasteiger partial charge in [-0.15, -0.1) is 11.8 Å². The lowest BCUT2D eigenvalue weighted by atomic mass is 10.3. The zero-order valence-electron chi connectivity index (χ0n) is 12.4. The third-order valence-electron chi connectivity index (χ3n) is 3.24. The lowest BCUT2D eigenvalue weighted by Gasteiger charge is -2.15. The Morgan fingerprint density at radius 2 is 2.09 bits per heavy atom. The zero-order chi connectivity index (χ0) is 16.1. The third kappa shape index (κ3) is 3.66. The van der Waals surface area contributed by atoms with E-state index in [-0.39, 0.29) is 24.2 Å². The van der Waals surface area contributed by atoms with Crippen LogP contribution in [0.2, 0.25) is 0 Å². The van der Waals surface area contributed by atoms with Crippen molar-refractivity contribution in [3.8, 4) is 0 Å². The van der Waals surface area contributed by atoms with Gasteiger partial charge in [-0.2, -0.15) is 0 Å². The lowest BCUT2D eigenvalue weighted by Crippen LogP contribution is -2.66. The monoisotopic (exact) mass is 323 g/mol. The minimum absolute atomic E-state index is 0.147. The van der Waals surface area contributed by atoms with Crippen LogP contribution in [0.4, 0.5) is 5.69 Å². The third-order valence-corrected chi connectivity index (χ3v) is 4.60. The smallest absolute Gasteiger partial charge is 0.365 e. The topological polar surface area (TPSA) is 91.3 Å². The summed E-state index contributed by atoms with van der Waals surface area (Å²) in [7, 11) is 0. The maximum absolute atomic E-state index is 12.4. The summed E-state index contributed by atoms with van der Waals surface area (Å²) < 4.78 is 4.88. The van der Waals surface area contributed by atoms with Gasteiger partial charge in [0.1, 0.15) is 0 Å². The van der Waals surface area contributed by atoms with Gasteiger partial charge in [0.05, 0.1) is 23.3 Å². The maximum atomic E-state index is 12.4. The molecule has 6 nitrogen and oxygen atoms in total. The number of amides is 2. The van der Waals surface area contributed by atoms with E-state index in [9.17, 15) is 14.4 Å². The molecule has 1 saturated heterocycles. The molecule has 7 heteroatoms. The van der Waals surface area contributed by atoms with Crippen LogP contribution in [0, 0.1) is 0 Å². The summed E-state index contributed by atoms with van der Waals surface area (Å²) in [5.41, 5.74) is 4.31. The highest BCUT2D eigenvalue weighted by molar-refractivity contribution is 8.00. The number of nitrogens with zero attached hydrogens (tertiary/aromatic N) is 1. The molecule has 1 aliphatic rings. The normalized spacial score (nSPS) is 19.4. The van der Waals surface area contributed by atoms with E-state index < -0.39 is 11.3 Å². The molecular weight excluding hydrogens is 304 g/mol. The molecule has 0 aromatic heterocycles. The number of carbonyl (C=O) groups excluding carboxylic acids is 3. The summed E-state index contributed by atoms with van der Waals surface area (Å²) in [5, 5.41) is -0.466. The Hall–Kier alpha value is -1.86. The number of benzene rings is 1. The molecular formula is C15H19N2O4S+. The second-order valence-electron chi connectivity index (χ2n) is 4.88. The highest BCUT2D eigenvalue weighted by Gasteiger charge is 2.40.